The molecule has 4 rings (SSSR count). The van der Waals surface area contributed by atoms with Gasteiger partial charge in [0.1, 0.15) is 0 Å². The number of hydrogen-bond acceptors (Lipinski definition) is 4. The second-order valence-electron chi connectivity index (χ2n) is 5.78. The van der Waals surface area contributed by atoms with E-state index in [0.29, 0.717) is 19.3 Å². The molecular formula is C17H18N2O3S. The van der Waals surface area contributed by atoms with E-state index in [4.69, 9.17) is 9.47 Å². The molecule has 2 aliphatic heterocycles. The third-order valence-corrected chi connectivity index (χ3v) is 5.21. The number of carbonyl (C=O) groups excluding carboxylic acids is 1. The van der Waals surface area contributed by atoms with Gasteiger partial charge in [0, 0.05) is 23.9 Å². The van der Waals surface area contributed by atoms with Crippen molar-refractivity contribution in [3.63, 3.8) is 0 Å². The molecule has 0 bridgehead atoms. The number of nitrogens with zero attached hydrogens (tertiary/aromatic N) is 1. The number of ether oxygens (including phenoxy) is 2. The van der Waals surface area contributed by atoms with Crippen molar-refractivity contribution in [2.45, 2.75) is 18.9 Å². The lowest BCUT2D eigenvalue weighted by atomic mass is 9.98. The molecule has 1 fully saturated rings. The van der Waals surface area contributed by atoms with E-state index in [0.717, 1.165) is 31.0 Å². The minimum Gasteiger partial charge on any atom is -0.454 e. The molecule has 23 heavy (non-hydrogen) atoms. The van der Waals surface area contributed by atoms with Gasteiger partial charge < -0.3 is 19.7 Å². The summed E-state index contributed by atoms with van der Waals surface area (Å²) in [6, 6.07) is 10.1. The maximum atomic E-state index is 12.3. The monoisotopic (exact) mass is 330 g/mol. The van der Waals surface area contributed by atoms with E-state index in [1.54, 1.807) is 11.3 Å². The number of benzene rings is 1. The predicted octanol–water partition coefficient (Wildman–Crippen LogP) is 3.18. The summed E-state index contributed by atoms with van der Waals surface area (Å²) in [4.78, 5) is 15.3. The van der Waals surface area contributed by atoms with Crippen LogP contribution in [0.25, 0.3) is 0 Å². The van der Waals surface area contributed by atoms with Crippen molar-refractivity contribution in [1.82, 2.24) is 10.2 Å². The Balaban J connectivity index is 1.36. The SMILES string of the molecule is O=C(NCc1cccs1)N1CC[C@@H](c2ccc3c(c2)OCO3)C1. The summed E-state index contributed by atoms with van der Waals surface area (Å²) >= 11 is 1.66. The standard InChI is InChI=1S/C17H18N2O3S/c20-17(18-9-14-2-1-7-23-14)19-6-5-13(10-19)12-3-4-15-16(8-12)22-11-21-15/h1-4,7-8,13H,5-6,9-11H2,(H,18,20)/t13-/m1/s1. The molecule has 0 spiro atoms. The highest BCUT2D eigenvalue weighted by molar-refractivity contribution is 7.09. The molecule has 1 aromatic carbocycles. The smallest absolute Gasteiger partial charge is 0.317 e. The Hall–Kier alpha value is -2.21. The van der Waals surface area contributed by atoms with Gasteiger partial charge in [0.15, 0.2) is 11.5 Å². The van der Waals surface area contributed by atoms with E-state index in [1.165, 1.54) is 10.4 Å². The molecule has 1 aromatic heterocycles. The molecule has 1 atom stereocenters. The Morgan fingerprint density at radius 1 is 1.30 bits per heavy atom. The van der Waals surface area contributed by atoms with Crippen molar-refractivity contribution in [2.24, 2.45) is 0 Å². The Kier molecular flexibility index (Phi) is 3.83. The molecule has 120 valence electrons. The number of likely N-dealkylation sites (tertiary alicyclic amines) is 1. The maximum Gasteiger partial charge on any atom is 0.317 e. The minimum absolute atomic E-state index is 0.0154. The highest BCUT2D eigenvalue weighted by atomic mass is 32.1. The molecular weight excluding hydrogens is 312 g/mol. The first-order chi connectivity index (χ1) is 11.3. The Morgan fingerprint density at radius 3 is 3.09 bits per heavy atom. The molecule has 0 unspecified atom stereocenters. The molecule has 5 nitrogen and oxygen atoms in total. The highest BCUT2D eigenvalue weighted by Crippen LogP contribution is 2.37. The topological polar surface area (TPSA) is 50.8 Å². The number of urea groups is 1. The largest absolute Gasteiger partial charge is 0.454 e. The normalized spacial score (nSPS) is 19.1. The van der Waals surface area contributed by atoms with Crippen LogP contribution in [0.1, 0.15) is 22.8 Å². The Labute approximate surface area is 138 Å². The average molecular weight is 330 g/mol. The van der Waals surface area contributed by atoms with Gasteiger partial charge in [-0.1, -0.05) is 12.1 Å². The zero-order valence-corrected chi connectivity index (χ0v) is 13.5. The summed E-state index contributed by atoms with van der Waals surface area (Å²) in [5.74, 6) is 1.97. The van der Waals surface area contributed by atoms with E-state index < -0.39 is 0 Å². The Morgan fingerprint density at radius 2 is 2.22 bits per heavy atom. The van der Waals surface area contributed by atoms with Crippen LogP contribution in [0.5, 0.6) is 11.5 Å². The summed E-state index contributed by atoms with van der Waals surface area (Å²) < 4.78 is 10.8. The van der Waals surface area contributed by atoms with E-state index >= 15 is 0 Å². The van der Waals surface area contributed by atoms with Crippen LogP contribution >= 0.6 is 11.3 Å². The quantitative estimate of drug-likeness (QED) is 0.940. The van der Waals surface area contributed by atoms with Gasteiger partial charge in [-0.05, 0) is 35.6 Å². The zero-order valence-electron chi connectivity index (χ0n) is 12.7. The predicted molar refractivity (Wildman–Crippen MR) is 88.1 cm³/mol. The van der Waals surface area contributed by atoms with Crippen LogP contribution in [0.4, 0.5) is 4.79 Å². The van der Waals surface area contributed by atoms with Gasteiger partial charge in [0.05, 0.1) is 6.54 Å². The molecule has 1 saturated heterocycles. The molecule has 2 aromatic rings. The van der Waals surface area contributed by atoms with Crippen molar-refractivity contribution in [1.29, 1.82) is 0 Å². The third kappa shape index (κ3) is 2.99. The van der Waals surface area contributed by atoms with Gasteiger partial charge in [-0.2, -0.15) is 0 Å². The van der Waals surface area contributed by atoms with Crippen LogP contribution in [0.15, 0.2) is 35.7 Å². The second kappa shape index (κ2) is 6.12. The first-order valence-electron chi connectivity index (χ1n) is 7.74. The molecule has 6 heteroatoms. The van der Waals surface area contributed by atoms with Crippen LogP contribution in [0.2, 0.25) is 0 Å². The second-order valence-corrected chi connectivity index (χ2v) is 6.81. The molecule has 0 radical (unpaired) electrons. The lowest BCUT2D eigenvalue weighted by Gasteiger charge is -2.17. The minimum atomic E-state index is 0.0154. The van der Waals surface area contributed by atoms with E-state index in [1.807, 2.05) is 34.5 Å². The lowest BCUT2D eigenvalue weighted by Crippen LogP contribution is -2.37. The van der Waals surface area contributed by atoms with Crippen LogP contribution in [-0.2, 0) is 6.54 Å². The average Bonchev–Trinajstić information content (AvgIpc) is 3.32. The van der Waals surface area contributed by atoms with Crippen LogP contribution in [0.3, 0.4) is 0 Å². The fourth-order valence-corrected chi connectivity index (χ4v) is 3.72. The van der Waals surface area contributed by atoms with Crippen molar-refractivity contribution in [3.8, 4) is 11.5 Å². The summed E-state index contributed by atoms with van der Waals surface area (Å²) in [6.45, 7) is 2.42. The Bertz CT molecular complexity index is 702. The molecule has 0 aliphatic carbocycles. The number of nitrogens with one attached hydrogen (secondary N) is 1. The van der Waals surface area contributed by atoms with E-state index in [9.17, 15) is 4.79 Å². The van der Waals surface area contributed by atoms with Crippen LogP contribution in [-0.4, -0.2) is 30.8 Å². The first kappa shape index (κ1) is 14.4. The molecule has 0 saturated carbocycles. The number of amides is 2. The van der Waals surface area contributed by atoms with Gasteiger partial charge in [0.25, 0.3) is 0 Å². The van der Waals surface area contributed by atoms with Gasteiger partial charge in [0.2, 0.25) is 6.79 Å². The van der Waals surface area contributed by atoms with Crippen molar-refractivity contribution < 1.29 is 14.3 Å². The van der Waals surface area contributed by atoms with Crippen molar-refractivity contribution >= 4 is 17.4 Å². The lowest BCUT2D eigenvalue weighted by molar-refractivity contribution is 0.174. The molecule has 2 amide bonds. The number of hydrogen-bond donors (Lipinski definition) is 1. The van der Waals surface area contributed by atoms with Crippen LogP contribution in [0, 0.1) is 0 Å². The van der Waals surface area contributed by atoms with E-state index in [-0.39, 0.29) is 6.03 Å². The fourth-order valence-electron chi connectivity index (χ4n) is 3.07. The summed E-state index contributed by atoms with van der Waals surface area (Å²) in [7, 11) is 0. The van der Waals surface area contributed by atoms with Crippen molar-refractivity contribution in [3.05, 3.63) is 46.2 Å². The first-order valence-corrected chi connectivity index (χ1v) is 8.62. The summed E-state index contributed by atoms with van der Waals surface area (Å²) in [5.41, 5.74) is 1.21. The van der Waals surface area contributed by atoms with Crippen molar-refractivity contribution in [2.75, 3.05) is 19.9 Å². The molecule has 3 heterocycles. The summed E-state index contributed by atoms with van der Waals surface area (Å²) in [6.07, 6.45) is 0.978. The number of thiophene rings is 1. The van der Waals surface area contributed by atoms with Gasteiger partial charge >= 0.3 is 6.03 Å². The highest BCUT2D eigenvalue weighted by Gasteiger charge is 2.28. The third-order valence-electron chi connectivity index (χ3n) is 4.34. The number of carbonyl (C=O) groups is 1. The maximum absolute atomic E-state index is 12.3. The fraction of sp³-hybridized carbons (Fsp3) is 0.353. The summed E-state index contributed by atoms with van der Waals surface area (Å²) in [5, 5.41) is 5.01. The van der Waals surface area contributed by atoms with E-state index in [2.05, 4.69) is 11.4 Å². The van der Waals surface area contributed by atoms with Gasteiger partial charge in [-0.25, -0.2) is 4.79 Å². The van der Waals surface area contributed by atoms with Gasteiger partial charge in [-0.15, -0.1) is 11.3 Å². The van der Waals surface area contributed by atoms with Gasteiger partial charge in [-0.3, -0.25) is 0 Å². The molecule has 2 aliphatic rings. The zero-order chi connectivity index (χ0) is 15.6. The number of rotatable bonds is 3. The number of fused-ring (bicyclic) bond motifs is 1. The molecule has 1 N–H and O–H groups in total. The van der Waals surface area contributed by atoms with Crippen LogP contribution < -0.4 is 14.8 Å².